The van der Waals surface area contributed by atoms with E-state index in [2.05, 4.69) is 25.8 Å². The number of hydrogen-bond acceptors (Lipinski definition) is 3. The second-order valence-electron chi connectivity index (χ2n) is 6.78. The van der Waals surface area contributed by atoms with Crippen LogP contribution in [-0.2, 0) is 6.54 Å². The van der Waals surface area contributed by atoms with Crippen LogP contribution < -0.4 is 0 Å². The van der Waals surface area contributed by atoms with E-state index >= 15 is 0 Å². The minimum atomic E-state index is -0.186. The largest absolute Gasteiger partial charge is 0.469 e. The zero-order valence-electron chi connectivity index (χ0n) is 12.6. The van der Waals surface area contributed by atoms with Gasteiger partial charge in [-0.05, 0) is 44.2 Å². The Labute approximate surface area is 116 Å². The first-order valence-electron chi connectivity index (χ1n) is 7.30. The Morgan fingerprint density at radius 2 is 2.21 bits per heavy atom. The number of nitrogens with zero attached hydrogens (tertiary/aromatic N) is 1. The van der Waals surface area contributed by atoms with E-state index in [0.717, 1.165) is 31.7 Å². The van der Waals surface area contributed by atoms with Crippen molar-refractivity contribution in [2.75, 3.05) is 13.6 Å². The number of aliphatic hydroxyl groups is 1. The van der Waals surface area contributed by atoms with E-state index in [-0.39, 0.29) is 11.5 Å². The van der Waals surface area contributed by atoms with Crippen LogP contribution in [0, 0.1) is 18.3 Å². The third-order valence-electron chi connectivity index (χ3n) is 4.60. The average molecular weight is 265 g/mol. The summed E-state index contributed by atoms with van der Waals surface area (Å²) < 4.78 is 5.33. The van der Waals surface area contributed by atoms with Gasteiger partial charge in [-0.2, -0.15) is 0 Å². The SMILES string of the molecule is Cc1occc1CN(C)CC1CCCC(C)(C)C1O. The second-order valence-corrected chi connectivity index (χ2v) is 6.78. The van der Waals surface area contributed by atoms with Gasteiger partial charge in [-0.25, -0.2) is 0 Å². The molecular weight excluding hydrogens is 238 g/mol. The van der Waals surface area contributed by atoms with Crippen molar-refractivity contribution in [1.29, 1.82) is 0 Å². The summed E-state index contributed by atoms with van der Waals surface area (Å²) in [7, 11) is 2.13. The summed E-state index contributed by atoms with van der Waals surface area (Å²) in [5.74, 6) is 1.39. The molecule has 19 heavy (non-hydrogen) atoms. The monoisotopic (exact) mass is 265 g/mol. The van der Waals surface area contributed by atoms with Crippen molar-refractivity contribution in [2.24, 2.45) is 11.3 Å². The summed E-state index contributed by atoms with van der Waals surface area (Å²) in [6.07, 6.45) is 5.06. The molecule has 2 rings (SSSR count). The summed E-state index contributed by atoms with van der Waals surface area (Å²) in [4.78, 5) is 2.30. The second kappa shape index (κ2) is 5.68. The first-order valence-corrected chi connectivity index (χ1v) is 7.30. The van der Waals surface area contributed by atoms with Crippen molar-refractivity contribution >= 4 is 0 Å². The third kappa shape index (κ3) is 3.40. The topological polar surface area (TPSA) is 36.6 Å². The van der Waals surface area contributed by atoms with Gasteiger partial charge in [-0.3, -0.25) is 0 Å². The maximum absolute atomic E-state index is 10.5. The van der Waals surface area contributed by atoms with Gasteiger partial charge in [0.1, 0.15) is 5.76 Å². The standard InChI is InChI=1S/C16H27NO2/c1-12-13(7-9-19-12)10-17(4)11-14-6-5-8-16(2,3)15(14)18/h7,9,14-15,18H,5-6,8,10-11H2,1-4H3. The molecule has 0 aromatic carbocycles. The van der Waals surface area contributed by atoms with Gasteiger partial charge in [0, 0.05) is 18.7 Å². The predicted octanol–water partition coefficient (Wildman–Crippen LogP) is 3.21. The van der Waals surface area contributed by atoms with Gasteiger partial charge in [-0.15, -0.1) is 0 Å². The molecule has 1 aliphatic carbocycles. The molecule has 1 aliphatic rings. The fraction of sp³-hybridized carbons (Fsp3) is 0.750. The molecule has 2 unspecified atom stereocenters. The van der Waals surface area contributed by atoms with Crippen LogP contribution in [0.5, 0.6) is 0 Å². The Morgan fingerprint density at radius 1 is 1.47 bits per heavy atom. The molecule has 1 saturated carbocycles. The maximum Gasteiger partial charge on any atom is 0.105 e. The summed E-state index contributed by atoms with van der Waals surface area (Å²) in [6, 6.07) is 2.03. The molecule has 1 heterocycles. The van der Waals surface area contributed by atoms with Gasteiger partial charge in [0.25, 0.3) is 0 Å². The van der Waals surface area contributed by atoms with Crippen molar-refractivity contribution in [3.05, 3.63) is 23.7 Å². The Morgan fingerprint density at radius 3 is 2.84 bits per heavy atom. The normalized spacial score (nSPS) is 26.8. The number of aryl methyl sites for hydroxylation is 1. The molecule has 0 spiro atoms. The van der Waals surface area contributed by atoms with Crippen LogP contribution >= 0.6 is 0 Å². The van der Waals surface area contributed by atoms with Crippen LogP contribution in [0.2, 0.25) is 0 Å². The molecule has 0 aliphatic heterocycles. The van der Waals surface area contributed by atoms with Crippen molar-refractivity contribution in [3.8, 4) is 0 Å². The summed E-state index contributed by atoms with van der Waals surface area (Å²) >= 11 is 0. The fourth-order valence-electron chi connectivity index (χ4n) is 3.29. The Bertz CT molecular complexity index is 411. The number of rotatable bonds is 4. The zero-order chi connectivity index (χ0) is 14.0. The molecular formula is C16H27NO2. The Kier molecular flexibility index (Phi) is 4.36. The minimum Gasteiger partial charge on any atom is -0.469 e. The molecule has 2 atom stereocenters. The van der Waals surface area contributed by atoms with E-state index in [1.54, 1.807) is 6.26 Å². The highest BCUT2D eigenvalue weighted by Crippen LogP contribution is 2.39. The molecule has 0 amide bonds. The van der Waals surface area contributed by atoms with Crippen molar-refractivity contribution in [1.82, 2.24) is 4.90 Å². The van der Waals surface area contributed by atoms with E-state index in [9.17, 15) is 5.11 Å². The lowest BCUT2D eigenvalue weighted by Gasteiger charge is -2.42. The minimum absolute atomic E-state index is 0.0648. The third-order valence-corrected chi connectivity index (χ3v) is 4.60. The summed E-state index contributed by atoms with van der Waals surface area (Å²) in [5.41, 5.74) is 1.31. The van der Waals surface area contributed by atoms with Gasteiger partial charge in [0.2, 0.25) is 0 Å². The van der Waals surface area contributed by atoms with Gasteiger partial charge >= 0.3 is 0 Å². The Hall–Kier alpha value is -0.800. The van der Waals surface area contributed by atoms with E-state index in [1.165, 1.54) is 12.0 Å². The zero-order valence-corrected chi connectivity index (χ0v) is 12.6. The van der Waals surface area contributed by atoms with Crippen LogP contribution in [0.15, 0.2) is 16.7 Å². The molecule has 0 radical (unpaired) electrons. The summed E-state index contributed by atoms with van der Waals surface area (Å²) in [5, 5.41) is 10.5. The van der Waals surface area contributed by atoms with Crippen LogP contribution in [0.4, 0.5) is 0 Å². The lowest BCUT2D eigenvalue weighted by molar-refractivity contribution is -0.0415. The first kappa shape index (κ1) is 14.6. The lowest BCUT2D eigenvalue weighted by atomic mass is 9.69. The van der Waals surface area contributed by atoms with E-state index in [0.29, 0.717) is 5.92 Å². The highest BCUT2D eigenvalue weighted by atomic mass is 16.3. The van der Waals surface area contributed by atoms with Crippen molar-refractivity contribution in [2.45, 2.75) is 52.7 Å². The molecule has 1 aromatic heterocycles. The van der Waals surface area contributed by atoms with Crippen LogP contribution in [0.25, 0.3) is 0 Å². The highest BCUT2D eigenvalue weighted by molar-refractivity contribution is 5.15. The predicted molar refractivity (Wildman–Crippen MR) is 76.9 cm³/mol. The molecule has 0 bridgehead atoms. The number of hydrogen-bond donors (Lipinski definition) is 1. The molecule has 3 nitrogen and oxygen atoms in total. The van der Waals surface area contributed by atoms with Gasteiger partial charge in [-0.1, -0.05) is 20.3 Å². The van der Waals surface area contributed by atoms with E-state index in [4.69, 9.17) is 4.42 Å². The van der Waals surface area contributed by atoms with Gasteiger partial charge in [0.15, 0.2) is 0 Å². The van der Waals surface area contributed by atoms with Crippen molar-refractivity contribution < 1.29 is 9.52 Å². The van der Waals surface area contributed by atoms with Gasteiger partial charge < -0.3 is 14.4 Å². The molecule has 1 N–H and O–H groups in total. The molecule has 108 valence electrons. The van der Waals surface area contributed by atoms with Crippen LogP contribution in [0.1, 0.15) is 44.4 Å². The molecule has 1 fully saturated rings. The summed E-state index contributed by atoms with van der Waals surface area (Å²) in [6.45, 7) is 8.22. The first-order chi connectivity index (χ1) is 8.90. The van der Waals surface area contributed by atoms with Crippen molar-refractivity contribution in [3.63, 3.8) is 0 Å². The fourth-order valence-corrected chi connectivity index (χ4v) is 3.29. The average Bonchev–Trinajstić information content (AvgIpc) is 2.71. The Balaban J connectivity index is 1.91. The number of aliphatic hydroxyl groups excluding tert-OH is 1. The van der Waals surface area contributed by atoms with Gasteiger partial charge in [0.05, 0.1) is 12.4 Å². The quantitative estimate of drug-likeness (QED) is 0.908. The molecule has 1 aromatic rings. The molecule has 3 heteroatoms. The maximum atomic E-state index is 10.5. The number of furan rings is 1. The molecule has 0 saturated heterocycles. The van der Waals surface area contributed by atoms with Crippen LogP contribution in [0.3, 0.4) is 0 Å². The van der Waals surface area contributed by atoms with E-state index in [1.807, 2.05) is 13.0 Å². The smallest absolute Gasteiger partial charge is 0.105 e. The van der Waals surface area contributed by atoms with E-state index < -0.39 is 0 Å². The van der Waals surface area contributed by atoms with Crippen LogP contribution in [-0.4, -0.2) is 29.7 Å². The highest BCUT2D eigenvalue weighted by Gasteiger charge is 2.37. The lowest BCUT2D eigenvalue weighted by Crippen LogP contribution is -2.44.